The van der Waals surface area contributed by atoms with E-state index < -0.39 is 5.97 Å². The zero-order valence-corrected chi connectivity index (χ0v) is 15.6. The molecular formula is C18H17N5O3S. The molecule has 0 amide bonds. The summed E-state index contributed by atoms with van der Waals surface area (Å²) in [7, 11) is 0. The molecule has 0 unspecified atom stereocenters. The Labute approximate surface area is 158 Å². The Hall–Kier alpha value is -3.38. The van der Waals surface area contributed by atoms with Gasteiger partial charge in [-0.3, -0.25) is 14.5 Å². The molecule has 138 valence electrons. The van der Waals surface area contributed by atoms with E-state index in [1.165, 1.54) is 4.57 Å². The number of anilines is 1. The fraction of sp³-hybridized carbons (Fsp3) is 0.222. The molecular weight excluding hydrogens is 366 g/mol. The van der Waals surface area contributed by atoms with Crippen LogP contribution in [0, 0.1) is 11.3 Å². The summed E-state index contributed by atoms with van der Waals surface area (Å²) in [6.07, 6.45) is 3.29. The number of esters is 1. The number of carbonyl (C=O) groups excluding carboxylic acids is 1. The maximum absolute atomic E-state index is 12.6. The summed E-state index contributed by atoms with van der Waals surface area (Å²) in [6, 6.07) is 7.50. The Kier molecular flexibility index (Phi) is 5.38. The Bertz CT molecular complexity index is 1210. The van der Waals surface area contributed by atoms with Crippen molar-refractivity contribution in [1.82, 2.24) is 14.8 Å². The van der Waals surface area contributed by atoms with Crippen LogP contribution in [0.5, 0.6) is 0 Å². The number of hydrogen-bond acceptors (Lipinski definition) is 7. The van der Waals surface area contributed by atoms with Gasteiger partial charge in [0.1, 0.15) is 15.3 Å². The van der Waals surface area contributed by atoms with Crippen LogP contribution in [0.4, 0.5) is 5.69 Å². The molecule has 3 aromatic rings. The average Bonchev–Trinajstić information content (AvgIpc) is 3.25. The van der Waals surface area contributed by atoms with Crippen molar-refractivity contribution in [3.63, 3.8) is 0 Å². The lowest BCUT2D eigenvalue weighted by molar-refractivity contribution is -0.136. The molecule has 2 aromatic heterocycles. The van der Waals surface area contributed by atoms with Crippen molar-refractivity contribution in [2.24, 2.45) is 0 Å². The predicted molar refractivity (Wildman–Crippen MR) is 103 cm³/mol. The highest BCUT2D eigenvalue weighted by Gasteiger charge is 2.16. The highest BCUT2D eigenvalue weighted by Crippen LogP contribution is 2.16. The van der Waals surface area contributed by atoms with Gasteiger partial charge in [0.2, 0.25) is 0 Å². The van der Waals surface area contributed by atoms with Gasteiger partial charge in [0.25, 0.3) is 5.56 Å². The predicted octanol–water partition coefficient (Wildman–Crippen LogP) is 0.893. The second-order valence-electron chi connectivity index (χ2n) is 5.49. The van der Waals surface area contributed by atoms with E-state index in [2.05, 4.69) is 15.5 Å². The Morgan fingerprint density at radius 3 is 3.00 bits per heavy atom. The number of rotatable bonds is 5. The number of aromatic nitrogens is 3. The minimum Gasteiger partial charge on any atom is -0.462 e. The van der Waals surface area contributed by atoms with E-state index in [-0.39, 0.29) is 17.7 Å². The first-order valence-corrected chi connectivity index (χ1v) is 9.11. The number of aromatic amines is 1. The van der Waals surface area contributed by atoms with Crippen LogP contribution in [0.15, 0.2) is 29.2 Å². The zero-order valence-electron chi connectivity index (χ0n) is 14.8. The number of benzene rings is 1. The van der Waals surface area contributed by atoms with Crippen LogP contribution >= 0.6 is 11.3 Å². The van der Waals surface area contributed by atoms with Gasteiger partial charge >= 0.3 is 5.97 Å². The number of H-pyrrole nitrogens is 1. The van der Waals surface area contributed by atoms with Crippen molar-refractivity contribution in [1.29, 1.82) is 5.26 Å². The van der Waals surface area contributed by atoms with Crippen molar-refractivity contribution in [2.75, 3.05) is 11.9 Å². The molecule has 8 nitrogen and oxygen atoms in total. The second kappa shape index (κ2) is 7.88. The topological polar surface area (TPSA) is 113 Å². The molecule has 0 fully saturated rings. The summed E-state index contributed by atoms with van der Waals surface area (Å²) >= 11 is 1.07. The van der Waals surface area contributed by atoms with Crippen LogP contribution in [0.2, 0.25) is 0 Å². The fourth-order valence-corrected chi connectivity index (χ4v) is 3.63. The maximum Gasteiger partial charge on any atom is 0.351 e. The summed E-state index contributed by atoms with van der Waals surface area (Å²) < 4.78 is 6.99. The van der Waals surface area contributed by atoms with Gasteiger partial charge in [0.15, 0.2) is 5.57 Å². The second-order valence-corrected chi connectivity index (χ2v) is 6.52. The number of nitriles is 1. The van der Waals surface area contributed by atoms with Crippen LogP contribution in [0.1, 0.15) is 13.8 Å². The third-order valence-corrected chi connectivity index (χ3v) is 4.97. The summed E-state index contributed by atoms with van der Waals surface area (Å²) in [5.41, 5.74) is 1.21. The van der Waals surface area contributed by atoms with Gasteiger partial charge in [-0.15, -0.1) is 11.3 Å². The lowest BCUT2D eigenvalue weighted by Crippen LogP contribution is -2.32. The molecule has 9 heteroatoms. The van der Waals surface area contributed by atoms with Gasteiger partial charge in [0, 0.05) is 23.8 Å². The number of thiazole rings is 1. The Morgan fingerprint density at radius 2 is 2.30 bits per heavy atom. The Balaban J connectivity index is 2.07. The molecule has 0 bridgehead atoms. The van der Waals surface area contributed by atoms with Crippen LogP contribution in [0.25, 0.3) is 22.7 Å². The van der Waals surface area contributed by atoms with Crippen LogP contribution in [0.3, 0.4) is 0 Å². The summed E-state index contributed by atoms with van der Waals surface area (Å²) in [6.45, 7) is 3.93. The molecule has 0 saturated heterocycles. The maximum atomic E-state index is 12.6. The number of fused-ring (bicyclic) bond motifs is 1. The number of carbonyl (C=O) groups is 1. The van der Waals surface area contributed by atoms with Gasteiger partial charge in [0.05, 0.1) is 18.3 Å². The molecule has 0 spiro atoms. The third kappa shape index (κ3) is 3.61. The van der Waals surface area contributed by atoms with Crippen molar-refractivity contribution in [2.45, 2.75) is 20.4 Å². The fourth-order valence-electron chi connectivity index (χ4n) is 2.55. The number of nitrogens with one attached hydrogen (secondary N) is 2. The highest BCUT2D eigenvalue weighted by molar-refractivity contribution is 7.07. The van der Waals surface area contributed by atoms with E-state index in [9.17, 15) is 14.9 Å². The zero-order chi connectivity index (χ0) is 19.4. The van der Waals surface area contributed by atoms with Gasteiger partial charge in [-0.2, -0.15) is 10.4 Å². The highest BCUT2D eigenvalue weighted by atomic mass is 32.1. The lowest BCUT2D eigenvalue weighted by atomic mass is 10.2. The van der Waals surface area contributed by atoms with Gasteiger partial charge in [-0.05, 0) is 32.0 Å². The normalized spacial score (nSPS) is 12.7. The summed E-state index contributed by atoms with van der Waals surface area (Å²) in [4.78, 5) is 24.6. The largest absolute Gasteiger partial charge is 0.462 e. The molecule has 2 heterocycles. The molecule has 0 aliphatic rings. The molecule has 0 aliphatic carbocycles. The minimum atomic E-state index is -0.729. The molecule has 2 N–H and O–H groups in total. The van der Waals surface area contributed by atoms with Gasteiger partial charge in [-0.25, -0.2) is 4.79 Å². The quantitative estimate of drug-likeness (QED) is 0.633. The number of nitrogens with zero attached hydrogens (tertiary/aromatic N) is 3. The van der Waals surface area contributed by atoms with Crippen molar-refractivity contribution < 1.29 is 9.53 Å². The minimum absolute atomic E-state index is 0.155. The van der Waals surface area contributed by atoms with E-state index in [0.29, 0.717) is 15.7 Å². The Morgan fingerprint density at radius 1 is 1.48 bits per heavy atom. The van der Waals surface area contributed by atoms with Gasteiger partial charge in [-0.1, -0.05) is 0 Å². The monoisotopic (exact) mass is 383 g/mol. The van der Waals surface area contributed by atoms with Gasteiger partial charge < -0.3 is 10.1 Å². The first kappa shape index (κ1) is 18.4. The van der Waals surface area contributed by atoms with Crippen molar-refractivity contribution in [3.05, 3.63) is 43.9 Å². The van der Waals surface area contributed by atoms with Crippen molar-refractivity contribution in [3.8, 4) is 6.07 Å². The van der Waals surface area contributed by atoms with E-state index in [4.69, 9.17) is 4.74 Å². The molecule has 0 atom stereocenters. The van der Waals surface area contributed by atoms with E-state index >= 15 is 0 Å². The smallest absolute Gasteiger partial charge is 0.351 e. The number of ether oxygens (including phenoxy) is 1. The molecule has 0 saturated carbocycles. The first-order valence-electron chi connectivity index (χ1n) is 8.30. The number of hydrogen-bond donors (Lipinski definition) is 2. The molecule has 27 heavy (non-hydrogen) atoms. The standard InChI is InChI=1S/C18H17N5O3S/c1-3-23-16(24)15(27-17(23)13(8-19)18(25)26-4-2)10-20-12-6-5-11-9-21-22-14(11)7-12/h5-7,9-10,20H,3-4H2,1-2H3,(H,21,22). The van der Waals surface area contributed by atoms with Crippen LogP contribution < -0.4 is 20.1 Å². The van der Waals surface area contributed by atoms with Crippen LogP contribution in [-0.2, 0) is 16.1 Å². The SMILES string of the molecule is CCOC(=O)C(C#N)=c1sc(=CNc2ccc3cn[nH]c3c2)c(=O)n1CC. The lowest BCUT2D eigenvalue weighted by Gasteiger charge is -2.00. The van der Waals surface area contributed by atoms with Crippen molar-refractivity contribution >= 4 is 45.7 Å². The summed E-state index contributed by atoms with van der Waals surface area (Å²) in [5, 5.41) is 20.3. The van der Waals surface area contributed by atoms with Crippen LogP contribution in [-0.4, -0.2) is 27.3 Å². The molecule has 0 radical (unpaired) electrons. The summed E-state index contributed by atoms with van der Waals surface area (Å²) in [5.74, 6) is -0.729. The van der Waals surface area contributed by atoms with E-state index in [1.807, 2.05) is 24.3 Å². The molecule has 0 aliphatic heterocycles. The third-order valence-electron chi connectivity index (χ3n) is 3.84. The molecule has 3 rings (SSSR count). The van der Waals surface area contributed by atoms with E-state index in [0.717, 1.165) is 27.9 Å². The van der Waals surface area contributed by atoms with E-state index in [1.54, 1.807) is 26.2 Å². The average molecular weight is 383 g/mol. The first-order chi connectivity index (χ1) is 13.1. The molecule has 1 aromatic carbocycles.